The van der Waals surface area contributed by atoms with Gasteiger partial charge in [0.25, 0.3) is 0 Å². The number of carbonyl (C=O) groups excluding carboxylic acids is 3. The zero-order valence-corrected chi connectivity index (χ0v) is 18.7. The number of aliphatic carboxylic acids is 1. The molecule has 1 aliphatic rings. The van der Waals surface area contributed by atoms with Crippen molar-refractivity contribution in [2.75, 3.05) is 31.7 Å². The van der Waals surface area contributed by atoms with E-state index in [1.165, 1.54) is 16.7 Å². The zero-order valence-electron chi connectivity index (χ0n) is 17.9. The summed E-state index contributed by atoms with van der Waals surface area (Å²) >= 11 is 1.48. The Morgan fingerprint density at radius 1 is 1.13 bits per heavy atom. The Morgan fingerprint density at radius 3 is 2.39 bits per heavy atom. The zero-order chi connectivity index (χ0) is 23.4. The largest absolute Gasteiger partial charge is 0.480 e. The number of nitrogens with one attached hydrogen (secondary N) is 2. The Bertz CT molecular complexity index is 623. The second-order valence-corrected chi connectivity index (χ2v) is 8.49. The Kier molecular flexibility index (Phi) is 12.5. The van der Waals surface area contributed by atoms with E-state index in [2.05, 4.69) is 10.6 Å². The maximum absolute atomic E-state index is 12.9. The lowest BCUT2D eigenvalue weighted by atomic mass is 10.1. The van der Waals surface area contributed by atoms with Crippen LogP contribution in [0.15, 0.2) is 0 Å². The number of hydrogen-bond donors (Lipinski definition) is 6. The molecule has 1 saturated heterocycles. The number of unbranched alkanes of at least 4 members (excludes halogenated alkanes) is 1. The SMILES string of the molecule is CSCCC(NC(=O)C(CO)NC(=O)C(N)CCCCN)C(=O)N1CCCC1C(=O)O. The number of amides is 3. The van der Waals surface area contributed by atoms with Gasteiger partial charge in [-0.05, 0) is 50.7 Å². The van der Waals surface area contributed by atoms with Crippen LogP contribution in [0.25, 0.3) is 0 Å². The van der Waals surface area contributed by atoms with E-state index in [-0.39, 0.29) is 0 Å². The van der Waals surface area contributed by atoms with Gasteiger partial charge in [0, 0.05) is 6.54 Å². The lowest BCUT2D eigenvalue weighted by Crippen LogP contribution is -2.58. The van der Waals surface area contributed by atoms with E-state index in [0.29, 0.717) is 50.9 Å². The maximum Gasteiger partial charge on any atom is 0.326 e. The van der Waals surface area contributed by atoms with Crippen molar-refractivity contribution in [1.29, 1.82) is 0 Å². The molecule has 0 aliphatic carbocycles. The molecule has 1 fully saturated rings. The van der Waals surface area contributed by atoms with Gasteiger partial charge < -0.3 is 37.2 Å². The first-order chi connectivity index (χ1) is 14.8. The fraction of sp³-hybridized carbons (Fsp3) is 0.789. The first kappa shape index (κ1) is 27.1. The van der Waals surface area contributed by atoms with Crippen molar-refractivity contribution < 1.29 is 29.4 Å². The minimum absolute atomic E-state index is 0.291. The van der Waals surface area contributed by atoms with Crippen LogP contribution in [-0.4, -0.2) is 94.7 Å². The molecule has 0 aromatic rings. The summed E-state index contributed by atoms with van der Waals surface area (Å²) < 4.78 is 0. The number of nitrogens with two attached hydrogens (primary N) is 2. The smallest absolute Gasteiger partial charge is 0.326 e. The number of nitrogens with zero attached hydrogens (tertiary/aromatic N) is 1. The average Bonchev–Trinajstić information content (AvgIpc) is 3.24. The highest BCUT2D eigenvalue weighted by molar-refractivity contribution is 7.98. The van der Waals surface area contributed by atoms with E-state index in [0.717, 1.165) is 6.42 Å². The molecule has 4 atom stereocenters. The van der Waals surface area contributed by atoms with Crippen LogP contribution in [0.1, 0.15) is 38.5 Å². The van der Waals surface area contributed by atoms with Gasteiger partial charge in [0.2, 0.25) is 17.7 Å². The first-order valence-electron chi connectivity index (χ1n) is 10.5. The molecule has 11 nitrogen and oxygen atoms in total. The number of thioether (sulfide) groups is 1. The Hall–Kier alpha value is -1.89. The topological polar surface area (TPSA) is 188 Å². The second kappa shape index (κ2) is 14.2. The summed E-state index contributed by atoms with van der Waals surface area (Å²) in [6.45, 7) is 0.123. The monoisotopic (exact) mass is 461 g/mol. The number of carboxylic acids is 1. The van der Waals surface area contributed by atoms with Crippen molar-refractivity contribution in [1.82, 2.24) is 15.5 Å². The van der Waals surface area contributed by atoms with Crippen molar-refractivity contribution in [3.8, 4) is 0 Å². The van der Waals surface area contributed by atoms with E-state index in [1.54, 1.807) is 0 Å². The van der Waals surface area contributed by atoms with Crippen LogP contribution < -0.4 is 22.1 Å². The minimum atomic E-state index is -1.27. The van der Waals surface area contributed by atoms with E-state index in [1.807, 2.05) is 6.26 Å². The van der Waals surface area contributed by atoms with Crippen LogP contribution in [0.5, 0.6) is 0 Å². The highest BCUT2D eigenvalue weighted by Crippen LogP contribution is 2.19. The Morgan fingerprint density at radius 2 is 1.81 bits per heavy atom. The van der Waals surface area contributed by atoms with Gasteiger partial charge in [-0.3, -0.25) is 14.4 Å². The number of carboxylic acid groups (broad SMARTS) is 1. The van der Waals surface area contributed by atoms with Crippen LogP contribution >= 0.6 is 11.8 Å². The lowest BCUT2D eigenvalue weighted by molar-refractivity contribution is -0.149. The fourth-order valence-electron chi connectivity index (χ4n) is 3.37. The molecule has 1 heterocycles. The van der Waals surface area contributed by atoms with E-state index >= 15 is 0 Å². The van der Waals surface area contributed by atoms with E-state index in [9.17, 15) is 29.4 Å². The van der Waals surface area contributed by atoms with Gasteiger partial charge in [-0.25, -0.2) is 4.79 Å². The van der Waals surface area contributed by atoms with E-state index in [4.69, 9.17) is 11.5 Å². The van der Waals surface area contributed by atoms with Gasteiger partial charge in [-0.2, -0.15) is 11.8 Å². The summed E-state index contributed by atoms with van der Waals surface area (Å²) in [6.07, 6.45) is 4.85. The van der Waals surface area contributed by atoms with Gasteiger partial charge in [0.05, 0.1) is 12.6 Å². The average molecular weight is 462 g/mol. The molecule has 12 heteroatoms. The Balaban J connectivity index is 2.78. The third kappa shape index (κ3) is 8.63. The predicted octanol–water partition coefficient (Wildman–Crippen LogP) is -1.77. The molecule has 3 amide bonds. The quantitative estimate of drug-likeness (QED) is 0.163. The van der Waals surface area contributed by atoms with Gasteiger partial charge in [0.15, 0.2) is 0 Å². The van der Waals surface area contributed by atoms with Crippen molar-refractivity contribution in [3.63, 3.8) is 0 Å². The van der Waals surface area contributed by atoms with Gasteiger partial charge in [-0.1, -0.05) is 6.42 Å². The number of rotatable bonds is 14. The van der Waals surface area contributed by atoms with E-state index < -0.39 is 54.5 Å². The Labute approximate surface area is 186 Å². The van der Waals surface area contributed by atoms with Crippen molar-refractivity contribution in [2.45, 2.75) is 62.7 Å². The van der Waals surface area contributed by atoms with Crippen molar-refractivity contribution in [2.24, 2.45) is 11.5 Å². The molecule has 0 aromatic carbocycles. The van der Waals surface area contributed by atoms with Crippen LogP contribution in [0, 0.1) is 0 Å². The van der Waals surface area contributed by atoms with Crippen LogP contribution in [0.2, 0.25) is 0 Å². The number of aliphatic hydroxyl groups excluding tert-OH is 1. The number of likely N-dealkylation sites (tertiary alicyclic amines) is 1. The summed E-state index contributed by atoms with van der Waals surface area (Å²) in [5.41, 5.74) is 11.2. The van der Waals surface area contributed by atoms with Gasteiger partial charge >= 0.3 is 5.97 Å². The van der Waals surface area contributed by atoms with Gasteiger partial charge in [-0.15, -0.1) is 0 Å². The van der Waals surface area contributed by atoms with Crippen molar-refractivity contribution in [3.05, 3.63) is 0 Å². The second-order valence-electron chi connectivity index (χ2n) is 7.51. The normalized spacial score (nSPS) is 18.8. The third-order valence-corrected chi connectivity index (χ3v) is 5.81. The summed E-state index contributed by atoms with van der Waals surface area (Å²) in [6, 6.07) is -3.99. The fourth-order valence-corrected chi connectivity index (χ4v) is 3.84. The summed E-state index contributed by atoms with van der Waals surface area (Å²) in [5.74, 6) is -2.30. The molecule has 0 radical (unpaired) electrons. The first-order valence-corrected chi connectivity index (χ1v) is 11.9. The highest BCUT2D eigenvalue weighted by atomic mass is 32.2. The number of aliphatic hydroxyl groups is 1. The molecule has 1 aliphatic heterocycles. The molecular weight excluding hydrogens is 426 g/mol. The van der Waals surface area contributed by atoms with Crippen LogP contribution in [0.4, 0.5) is 0 Å². The van der Waals surface area contributed by atoms with Gasteiger partial charge in [0.1, 0.15) is 18.1 Å². The molecule has 8 N–H and O–H groups in total. The molecule has 0 saturated carbocycles. The lowest BCUT2D eigenvalue weighted by Gasteiger charge is -2.28. The standard InChI is InChI=1S/C19H35N5O6S/c1-31-10-7-13(18(28)24-9-4-6-15(24)19(29)30)22-17(27)14(11-25)23-16(26)12(21)5-2-3-8-20/h12-15,25H,2-11,20-21H2,1H3,(H,22,27)(H,23,26)(H,29,30). The van der Waals surface area contributed by atoms with Crippen LogP contribution in [-0.2, 0) is 19.2 Å². The number of hydrogen-bond acceptors (Lipinski definition) is 8. The molecular formula is C19H35N5O6S. The summed E-state index contributed by atoms with van der Waals surface area (Å²) in [5, 5.41) is 23.9. The molecule has 0 bridgehead atoms. The highest BCUT2D eigenvalue weighted by Gasteiger charge is 2.38. The third-order valence-electron chi connectivity index (χ3n) is 5.17. The summed E-state index contributed by atoms with van der Waals surface area (Å²) in [7, 11) is 0. The van der Waals surface area contributed by atoms with Crippen molar-refractivity contribution >= 4 is 35.5 Å². The maximum atomic E-state index is 12.9. The molecule has 31 heavy (non-hydrogen) atoms. The molecule has 0 spiro atoms. The molecule has 178 valence electrons. The minimum Gasteiger partial charge on any atom is -0.480 e. The summed E-state index contributed by atoms with van der Waals surface area (Å²) in [4.78, 5) is 50.5. The molecule has 4 unspecified atom stereocenters. The molecule has 1 rings (SSSR count). The number of carbonyl (C=O) groups is 4. The molecule has 0 aromatic heterocycles. The van der Waals surface area contributed by atoms with Crippen LogP contribution in [0.3, 0.4) is 0 Å². The predicted molar refractivity (Wildman–Crippen MR) is 117 cm³/mol.